The van der Waals surface area contributed by atoms with Gasteiger partial charge in [0.2, 0.25) is 0 Å². The lowest BCUT2D eigenvalue weighted by Gasteiger charge is -2.54. The molecule has 0 radical (unpaired) electrons. The predicted molar refractivity (Wildman–Crippen MR) is 54.1 cm³/mol. The number of hydrogen-bond donors (Lipinski definition) is 3. The summed E-state index contributed by atoms with van der Waals surface area (Å²) in [6, 6.07) is -0.0319. The third-order valence-electron chi connectivity index (χ3n) is 3.68. The molecule has 14 heavy (non-hydrogen) atoms. The zero-order valence-electron chi connectivity index (χ0n) is 8.58. The molecule has 2 heterocycles. The van der Waals surface area contributed by atoms with Crippen LogP contribution < -0.4 is 5.32 Å². The second-order valence-electron chi connectivity index (χ2n) is 4.67. The molecule has 2 saturated heterocycles. The number of rotatable bonds is 3. The van der Waals surface area contributed by atoms with E-state index in [1.54, 1.807) is 0 Å². The van der Waals surface area contributed by atoms with Crippen molar-refractivity contribution in [3.05, 3.63) is 0 Å². The SMILES string of the molecule is OCC(CO)N1CC2(CCNCC2)C1. The highest BCUT2D eigenvalue weighted by atomic mass is 16.3. The van der Waals surface area contributed by atoms with Crippen LogP contribution in [0.4, 0.5) is 0 Å². The largest absolute Gasteiger partial charge is 0.395 e. The highest BCUT2D eigenvalue weighted by Gasteiger charge is 2.45. The second kappa shape index (κ2) is 4.14. The third kappa shape index (κ3) is 1.80. The Morgan fingerprint density at radius 3 is 2.21 bits per heavy atom. The minimum atomic E-state index is -0.0319. The van der Waals surface area contributed by atoms with Crippen molar-refractivity contribution in [3.63, 3.8) is 0 Å². The lowest BCUT2D eigenvalue weighted by Crippen LogP contribution is -2.64. The maximum Gasteiger partial charge on any atom is 0.0609 e. The molecular formula is C10H20N2O2. The van der Waals surface area contributed by atoms with Gasteiger partial charge in [0, 0.05) is 13.1 Å². The van der Waals surface area contributed by atoms with E-state index in [2.05, 4.69) is 10.2 Å². The van der Waals surface area contributed by atoms with Gasteiger partial charge in [-0.15, -0.1) is 0 Å². The average Bonchev–Trinajstić information content (AvgIpc) is 2.19. The molecule has 82 valence electrons. The summed E-state index contributed by atoms with van der Waals surface area (Å²) in [5.41, 5.74) is 0.494. The van der Waals surface area contributed by atoms with E-state index in [1.807, 2.05) is 0 Å². The summed E-state index contributed by atoms with van der Waals surface area (Å²) >= 11 is 0. The van der Waals surface area contributed by atoms with Gasteiger partial charge in [0.25, 0.3) is 0 Å². The molecule has 2 aliphatic heterocycles. The van der Waals surface area contributed by atoms with Crippen LogP contribution in [0.15, 0.2) is 0 Å². The maximum atomic E-state index is 9.03. The summed E-state index contributed by atoms with van der Waals surface area (Å²) in [4.78, 5) is 2.20. The zero-order chi connectivity index (χ0) is 10.0. The Bertz CT molecular complexity index is 181. The molecule has 1 spiro atoms. The van der Waals surface area contributed by atoms with Crippen LogP contribution in [0, 0.1) is 5.41 Å². The Morgan fingerprint density at radius 1 is 1.14 bits per heavy atom. The van der Waals surface area contributed by atoms with Crippen LogP contribution in [0.1, 0.15) is 12.8 Å². The molecule has 0 aromatic rings. The van der Waals surface area contributed by atoms with E-state index in [0.29, 0.717) is 5.41 Å². The van der Waals surface area contributed by atoms with Crippen LogP contribution in [0.5, 0.6) is 0 Å². The molecule has 2 aliphatic rings. The van der Waals surface area contributed by atoms with Crippen LogP contribution in [0.2, 0.25) is 0 Å². The zero-order valence-corrected chi connectivity index (χ0v) is 8.58. The van der Waals surface area contributed by atoms with E-state index < -0.39 is 0 Å². The number of nitrogens with one attached hydrogen (secondary N) is 1. The molecule has 0 unspecified atom stereocenters. The van der Waals surface area contributed by atoms with Gasteiger partial charge in [0.15, 0.2) is 0 Å². The predicted octanol–water partition coefficient (Wildman–Crippen LogP) is -0.975. The van der Waals surface area contributed by atoms with E-state index in [9.17, 15) is 0 Å². The molecule has 2 fully saturated rings. The summed E-state index contributed by atoms with van der Waals surface area (Å²) in [5.74, 6) is 0. The van der Waals surface area contributed by atoms with Gasteiger partial charge < -0.3 is 15.5 Å². The Labute approximate surface area is 84.9 Å². The number of piperidine rings is 1. The van der Waals surface area contributed by atoms with Crippen LogP contribution in [-0.2, 0) is 0 Å². The van der Waals surface area contributed by atoms with Crippen molar-refractivity contribution in [1.82, 2.24) is 10.2 Å². The van der Waals surface area contributed by atoms with E-state index in [1.165, 1.54) is 12.8 Å². The first-order valence-corrected chi connectivity index (χ1v) is 5.46. The van der Waals surface area contributed by atoms with Crippen molar-refractivity contribution >= 4 is 0 Å². The standard InChI is InChI=1S/C10H20N2O2/c13-5-9(6-14)12-7-10(8-12)1-3-11-4-2-10/h9,11,13-14H,1-8H2. The van der Waals surface area contributed by atoms with E-state index in [-0.39, 0.29) is 19.3 Å². The summed E-state index contributed by atoms with van der Waals surface area (Å²) in [6.07, 6.45) is 2.49. The van der Waals surface area contributed by atoms with E-state index >= 15 is 0 Å². The van der Waals surface area contributed by atoms with Crippen molar-refractivity contribution in [2.24, 2.45) is 5.41 Å². The fourth-order valence-electron chi connectivity index (χ4n) is 2.64. The number of likely N-dealkylation sites (tertiary alicyclic amines) is 1. The van der Waals surface area contributed by atoms with Crippen molar-refractivity contribution in [2.75, 3.05) is 39.4 Å². The molecule has 0 aromatic heterocycles. The van der Waals surface area contributed by atoms with Gasteiger partial charge in [-0.1, -0.05) is 0 Å². The van der Waals surface area contributed by atoms with Gasteiger partial charge in [-0.05, 0) is 31.3 Å². The topological polar surface area (TPSA) is 55.7 Å². The van der Waals surface area contributed by atoms with Crippen LogP contribution >= 0.6 is 0 Å². The lowest BCUT2D eigenvalue weighted by atomic mass is 9.72. The number of nitrogens with zero attached hydrogens (tertiary/aromatic N) is 1. The number of aliphatic hydroxyl groups excluding tert-OH is 2. The van der Waals surface area contributed by atoms with Crippen molar-refractivity contribution in [2.45, 2.75) is 18.9 Å². The molecule has 0 saturated carbocycles. The molecule has 0 aliphatic carbocycles. The number of aliphatic hydroxyl groups is 2. The van der Waals surface area contributed by atoms with Gasteiger partial charge in [-0.25, -0.2) is 0 Å². The first kappa shape index (κ1) is 10.4. The fraction of sp³-hybridized carbons (Fsp3) is 1.00. The quantitative estimate of drug-likeness (QED) is 0.548. The summed E-state index contributed by atoms with van der Waals surface area (Å²) < 4.78 is 0. The van der Waals surface area contributed by atoms with Crippen molar-refractivity contribution in [1.29, 1.82) is 0 Å². The molecule has 0 bridgehead atoms. The third-order valence-corrected chi connectivity index (χ3v) is 3.68. The van der Waals surface area contributed by atoms with Gasteiger partial charge in [0.1, 0.15) is 0 Å². The maximum absolute atomic E-state index is 9.03. The normalized spacial score (nSPS) is 26.8. The first-order chi connectivity index (χ1) is 6.79. The molecule has 2 rings (SSSR count). The van der Waals surface area contributed by atoms with Crippen LogP contribution in [0.25, 0.3) is 0 Å². The first-order valence-electron chi connectivity index (χ1n) is 5.46. The highest BCUT2D eigenvalue weighted by Crippen LogP contribution is 2.39. The van der Waals surface area contributed by atoms with Crippen LogP contribution in [0.3, 0.4) is 0 Å². The highest BCUT2D eigenvalue weighted by molar-refractivity contribution is 4.99. The molecule has 4 heteroatoms. The smallest absolute Gasteiger partial charge is 0.0609 e. The average molecular weight is 200 g/mol. The van der Waals surface area contributed by atoms with Crippen molar-refractivity contribution < 1.29 is 10.2 Å². The minimum Gasteiger partial charge on any atom is -0.395 e. The number of hydrogen-bond acceptors (Lipinski definition) is 4. The van der Waals surface area contributed by atoms with Crippen molar-refractivity contribution in [3.8, 4) is 0 Å². The Balaban J connectivity index is 1.82. The lowest BCUT2D eigenvalue weighted by molar-refractivity contribution is -0.0747. The van der Waals surface area contributed by atoms with Gasteiger partial charge >= 0.3 is 0 Å². The van der Waals surface area contributed by atoms with Gasteiger partial charge in [-0.3, -0.25) is 4.90 Å². The molecule has 0 amide bonds. The fourth-order valence-corrected chi connectivity index (χ4v) is 2.64. The Hall–Kier alpha value is -0.160. The molecule has 0 aromatic carbocycles. The monoisotopic (exact) mass is 200 g/mol. The Morgan fingerprint density at radius 2 is 1.71 bits per heavy atom. The molecule has 3 N–H and O–H groups in total. The van der Waals surface area contributed by atoms with Gasteiger partial charge in [0.05, 0.1) is 19.3 Å². The van der Waals surface area contributed by atoms with E-state index in [4.69, 9.17) is 10.2 Å². The minimum absolute atomic E-state index is 0.0319. The molecule has 4 nitrogen and oxygen atoms in total. The van der Waals surface area contributed by atoms with Crippen LogP contribution in [-0.4, -0.2) is 60.5 Å². The summed E-state index contributed by atoms with van der Waals surface area (Å²) in [5, 5.41) is 21.4. The summed E-state index contributed by atoms with van der Waals surface area (Å²) in [7, 11) is 0. The van der Waals surface area contributed by atoms with Gasteiger partial charge in [-0.2, -0.15) is 0 Å². The van der Waals surface area contributed by atoms with E-state index in [0.717, 1.165) is 26.2 Å². The summed E-state index contributed by atoms with van der Waals surface area (Å²) in [6.45, 7) is 4.50. The second-order valence-corrected chi connectivity index (χ2v) is 4.67. The molecule has 0 atom stereocenters. The molecular weight excluding hydrogens is 180 g/mol. The Kier molecular flexibility index (Phi) is 3.07.